The molecule has 1 aliphatic heterocycles. The fraction of sp³-hybridized carbons (Fsp3) is 0.192. The van der Waals surface area contributed by atoms with Gasteiger partial charge in [-0.15, -0.1) is 0 Å². The number of halogens is 2. The van der Waals surface area contributed by atoms with Crippen LogP contribution in [0.4, 0.5) is 8.78 Å². The highest BCUT2D eigenvalue weighted by Crippen LogP contribution is 2.27. The molecule has 1 saturated heterocycles. The molecule has 0 aliphatic carbocycles. The molecule has 0 unspecified atom stereocenters. The van der Waals surface area contributed by atoms with Crippen molar-refractivity contribution in [3.8, 4) is 16.9 Å². The van der Waals surface area contributed by atoms with E-state index in [1.807, 2.05) is 0 Å². The molecule has 8 heteroatoms. The standard InChI is InChI=1S/C26H21F2NO5/c27-22-12-19(14-30)21(13-23(22)28)17-6-8-20(9-7-17)33-15-16-3-1-4-18(11-16)25(31)34-26(32)24-5-2-10-29-24/h1,3-4,6-9,11-14,24,29H,2,5,10,15H2/t24-/m0/s1. The van der Waals surface area contributed by atoms with E-state index in [2.05, 4.69) is 5.32 Å². The minimum Gasteiger partial charge on any atom is -0.489 e. The van der Waals surface area contributed by atoms with E-state index >= 15 is 0 Å². The summed E-state index contributed by atoms with van der Waals surface area (Å²) in [5.41, 5.74) is 1.77. The molecular formula is C26H21F2NO5. The Bertz CT molecular complexity index is 1220. The van der Waals surface area contributed by atoms with Gasteiger partial charge in [0.15, 0.2) is 17.9 Å². The molecule has 0 spiro atoms. The smallest absolute Gasteiger partial charge is 0.345 e. The topological polar surface area (TPSA) is 81.7 Å². The Labute approximate surface area is 194 Å². The van der Waals surface area contributed by atoms with Gasteiger partial charge in [-0.25, -0.2) is 18.4 Å². The molecule has 1 atom stereocenters. The minimum atomic E-state index is -1.09. The number of ether oxygens (including phenoxy) is 2. The number of carbonyl (C=O) groups is 3. The monoisotopic (exact) mass is 465 g/mol. The second kappa shape index (κ2) is 10.4. The lowest BCUT2D eigenvalue weighted by Gasteiger charge is -2.11. The highest BCUT2D eigenvalue weighted by molar-refractivity contribution is 5.98. The fourth-order valence-electron chi connectivity index (χ4n) is 3.70. The van der Waals surface area contributed by atoms with Crippen LogP contribution in [0.1, 0.15) is 39.1 Å². The first-order chi connectivity index (χ1) is 16.4. The molecule has 1 aliphatic rings. The van der Waals surface area contributed by atoms with Crippen molar-refractivity contribution in [3.63, 3.8) is 0 Å². The summed E-state index contributed by atoms with van der Waals surface area (Å²) in [4.78, 5) is 35.6. The molecule has 0 radical (unpaired) electrons. The van der Waals surface area contributed by atoms with E-state index in [9.17, 15) is 23.2 Å². The average molecular weight is 465 g/mol. The van der Waals surface area contributed by atoms with Crippen molar-refractivity contribution in [2.75, 3.05) is 6.54 Å². The number of rotatable bonds is 7. The molecule has 0 aromatic heterocycles. The van der Waals surface area contributed by atoms with Crippen LogP contribution in [-0.4, -0.2) is 30.8 Å². The van der Waals surface area contributed by atoms with Crippen molar-refractivity contribution in [1.82, 2.24) is 5.32 Å². The molecule has 0 bridgehead atoms. The van der Waals surface area contributed by atoms with Gasteiger partial charge in [-0.1, -0.05) is 24.3 Å². The second-order valence-corrected chi connectivity index (χ2v) is 7.84. The number of benzene rings is 3. The zero-order valence-electron chi connectivity index (χ0n) is 18.1. The summed E-state index contributed by atoms with van der Waals surface area (Å²) in [5, 5.41) is 2.99. The molecule has 3 aromatic rings. The first kappa shape index (κ1) is 23.3. The Morgan fingerprint density at radius 3 is 2.50 bits per heavy atom. The zero-order valence-corrected chi connectivity index (χ0v) is 18.1. The largest absolute Gasteiger partial charge is 0.489 e. The molecule has 1 heterocycles. The van der Waals surface area contributed by atoms with Crippen LogP contribution in [0, 0.1) is 11.6 Å². The van der Waals surface area contributed by atoms with Crippen LogP contribution in [0.3, 0.4) is 0 Å². The van der Waals surface area contributed by atoms with Gasteiger partial charge >= 0.3 is 11.9 Å². The van der Waals surface area contributed by atoms with Gasteiger partial charge in [-0.2, -0.15) is 0 Å². The molecular weight excluding hydrogens is 444 g/mol. The molecule has 34 heavy (non-hydrogen) atoms. The van der Waals surface area contributed by atoms with E-state index < -0.39 is 29.6 Å². The highest BCUT2D eigenvalue weighted by atomic mass is 19.2. The lowest BCUT2D eigenvalue weighted by Crippen LogP contribution is -2.33. The number of hydrogen-bond acceptors (Lipinski definition) is 6. The van der Waals surface area contributed by atoms with Crippen LogP contribution < -0.4 is 10.1 Å². The number of carbonyl (C=O) groups excluding carboxylic acids is 3. The Balaban J connectivity index is 1.39. The Morgan fingerprint density at radius 1 is 1.03 bits per heavy atom. The average Bonchev–Trinajstić information content (AvgIpc) is 3.40. The quantitative estimate of drug-likeness (QED) is 0.315. The summed E-state index contributed by atoms with van der Waals surface area (Å²) in [6.07, 6.45) is 1.98. The molecule has 1 N–H and O–H groups in total. The summed E-state index contributed by atoms with van der Waals surface area (Å²) >= 11 is 0. The van der Waals surface area contributed by atoms with E-state index in [0.717, 1.165) is 25.1 Å². The van der Waals surface area contributed by atoms with Gasteiger partial charge in [0.1, 0.15) is 18.4 Å². The van der Waals surface area contributed by atoms with Gasteiger partial charge in [0.2, 0.25) is 0 Å². The third-order valence-corrected chi connectivity index (χ3v) is 5.49. The lowest BCUT2D eigenvalue weighted by molar-refractivity contribution is -0.139. The van der Waals surface area contributed by atoms with Gasteiger partial charge < -0.3 is 14.8 Å². The van der Waals surface area contributed by atoms with Gasteiger partial charge in [0.25, 0.3) is 0 Å². The summed E-state index contributed by atoms with van der Waals surface area (Å²) in [6.45, 7) is 0.865. The van der Waals surface area contributed by atoms with Crippen molar-refractivity contribution in [3.05, 3.63) is 89.0 Å². The maximum atomic E-state index is 13.6. The molecule has 4 rings (SSSR count). The van der Waals surface area contributed by atoms with Crippen LogP contribution in [0.25, 0.3) is 11.1 Å². The molecule has 0 amide bonds. The SMILES string of the molecule is O=Cc1cc(F)c(F)cc1-c1ccc(OCc2cccc(C(=O)OC(=O)[C@@H]3CCCN3)c2)cc1. The van der Waals surface area contributed by atoms with E-state index in [-0.39, 0.29) is 23.3 Å². The first-order valence-electron chi connectivity index (χ1n) is 10.7. The fourth-order valence-corrected chi connectivity index (χ4v) is 3.70. The van der Waals surface area contributed by atoms with Crippen molar-refractivity contribution in [2.45, 2.75) is 25.5 Å². The van der Waals surface area contributed by atoms with E-state index in [0.29, 0.717) is 29.6 Å². The van der Waals surface area contributed by atoms with Crippen molar-refractivity contribution < 1.29 is 32.6 Å². The first-order valence-corrected chi connectivity index (χ1v) is 10.7. The van der Waals surface area contributed by atoms with Crippen molar-refractivity contribution >= 4 is 18.2 Å². The van der Waals surface area contributed by atoms with Gasteiger partial charge in [-0.3, -0.25) is 4.79 Å². The Morgan fingerprint density at radius 2 is 1.79 bits per heavy atom. The molecule has 174 valence electrons. The van der Waals surface area contributed by atoms with Crippen LogP contribution in [0.15, 0.2) is 60.7 Å². The third kappa shape index (κ3) is 5.35. The normalized spacial score (nSPS) is 15.1. The predicted octanol–water partition coefficient (Wildman–Crippen LogP) is 4.46. The molecule has 6 nitrogen and oxygen atoms in total. The summed E-state index contributed by atoms with van der Waals surface area (Å²) in [5.74, 6) is -2.93. The molecule has 1 fully saturated rings. The van der Waals surface area contributed by atoms with Gasteiger partial charge in [0, 0.05) is 5.56 Å². The maximum absolute atomic E-state index is 13.6. The van der Waals surface area contributed by atoms with Crippen LogP contribution >= 0.6 is 0 Å². The van der Waals surface area contributed by atoms with Crippen LogP contribution in [0.5, 0.6) is 5.75 Å². The summed E-state index contributed by atoms with van der Waals surface area (Å²) < 4.78 is 37.8. The van der Waals surface area contributed by atoms with E-state index in [4.69, 9.17) is 9.47 Å². The number of nitrogens with one attached hydrogen (secondary N) is 1. The van der Waals surface area contributed by atoms with Gasteiger partial charge in [0.05, 0.1) is 5.56 Å². The summed E-state index contributed by atoms with van der Waals surface area (Å²) in [6, 6.07) is 14.5. The van der Waals surface area contributed by atoms with Crippen molar-refractivity contribution in [1.29, 1.82) is 0 Å². The minimum absolute atomic E-state index is 0.0402. The zero-order chi connectivity index (χ0) is 24.1. The molecule has 0 saturated carbocycles. The molecule has 3 aromatic carbocycles. The van der Waals surface area contributed by atoms with Gasteiger partial charge in [-0.05, 0) is 72.5 Å². The second-order valence-electron chi connectivity index (χ2n) is 7.84. The predicted molar refractivity (Wildman–Crippen MR) is 119 cm³/mol. The number of esters is 2. The highest BCUT2D eigenvalue weighted by Gasteiger charge is 2.26. The summed E-state index contributed by atoms with van der Waals surface area (Å²) in [7, 11) is 0. The van der Waals surface area contributed by atoms with E-state index in [1.165, 1.54) is 0 Å². The lowest BCUT2D eigenvalue weighted by atomic mass is 10.00. The van der Waals surface area contributed by atoms with Crippen LogP contribution in [0.2, 0.25) is 0 Å². The van der Waals surface area contributed by atoms with E-state index in [1.54, 1.807) is 48.5 Å². The number of hydrogen-bond donors (Lipinski definition) is 1. The Kier molecular flexibility index (Phi) is 7.08. The number of aldehydes is 1. The van der Waals surface area contributed by atoms with Crippen LogP contribution in [-0.2, 0) is 16.1 Å². The Hall–Kier alpha value is -3.91. The third-order valence-electron chi connectivity index (χ3n) is 5.49. The van der Waals surface area contributed by atoms with Crippen molar-refractivity contribution in [2.24, 2.45) is 0 Å². The maximum Gasteiger partial charge on any atom is 0.345 e.